The van der Waals surface area contributed by atoms with Crippen LogP contribution >= 0.6 is 0 Å². The standard InChI is InChI=1S/C21H33NO/c1-5-8-9-10-11-12-20(22-7-3)17-19-13-15-23-16-14-21(19)18(4)6-2/h2H,4-5,7-17H2,1,3H3. The number of hydrogen-bond acceptors (Lipinski definition) is 2. The van der Waals surface area contributed by atoms with E-state index in [4.69, 9.17) is 16.2 Å². The number of ether oxygens (including phenoxy) is 1. The molecule has 128 valence electrons. The number of rotatable bonds is 10. The number of allylic oxidation sites excluding steroid dienone is 1. The Bertz CT molecular complexity index is 465. The highest BCUT2D eigenvalue weighted by atomic mass is 16.5. The summed E-state index contributed by atoms with van der Waals surface area (Å²) >= 11 is 0. The molecule has 23 heavy (non-hydrogen) atoms. The molecule has 2 heteroatoms. The van der Waals surface area contributed by atoms with Crippen LogP contribution in [-0.4, -0.2) is 25.5 Å². The van der Waals surface area contributed by atoms with Gasteiger partial charge in [-0.2, -0.15) is 0 Å². The van der Waals surface area contributed by atoms with E-state index in [0.717, 1.165) is 51.0 Å². The molecule has 1 rings (SSSR count). The molecule has 0 unspecified atom stereocenters. The van der Waals surface area contributed by atoms with Crippen LogP contribution in [0.3, 0.4) is 0 Å². The fourth-order valence-electron chi connectivity index (χ4n) is 3.07. The quantitative estimate of drug-likeness (QED) is 0.296. The number of unbranched alkanes of at least 4 members (excludes halogenated alkanes) is 4. The van der Waals surface area contributed by atoms with Crippen molar-refractivity contribution in [3.8, 4) is 12.3 Å². The molecule has 0 spiro atoms. The molecule has 0 N–H and O–H groups in total. The first-order valence-electron chi connectivity index (χ1n) is 9.19. The molecule has 0 fully saturated rings. The summed E-state index contributed by atoms with van der Waals surface area (Å²) in [6.07, 6.45) is 16.0. The van der Waals surface area contributed by atoms with Crippen LogP contribution in [0.25, 0.3) is 0 Å². The van der Waals surface area contributed by atoms with Gasteiger partial charge >= 0.3 is 0 Å². The van der Waals surface area contributed by atoms with Crippen molar-refractivity contribution in [3.63, 3.8) is 0 Å². The molecule has 0 amide bonds. The normalized spacial score (nSPS) is 16.1. The maximum Gasteiger partial charge on any atom is 0.0507 e. The fraction of sp³-hybridized carbons (Fsp3) is 0.667. The summed E-state index contributed by atoms with van der Waals surface area (Å²) in [5, 5.41) is 0. The summed E-state index contributed by atoms with van der Waals surface area (Å²) in [6.45, 7) is 10.8. The van der Waals surface area contributed by atoms with E-state index in [1.54, 1.807) is 0 Å². The Morgan fingerprint density at radius 2 is 1.91 bits per heavy atom. The van der Waals surface area contributed by atoms with Crippen LogP contribution in [-0.2, 0) is 4.74 Å². The van der Waals surface area contributed by atoms with Crippen LogP contribution in [0.4, 0.5) is 0 Å². The Balaban J connectivity index is 2.71. The van der Waals surface area contributed by atoms with Crippen LogP contribution in [0, 0.1) is 12.3 Å². The van der Waals surface area contributed by atoms with Gasteiger partial charge in [-0.15, -0.1) is 6.42 Å². The highest BCUT2D eigenvalue weighted by Crippen LogP contribution is 2.26. The van der Waals surface area contributed by atoms with Crippen molar-refractivity contribution in [1.29, 1.82) is 0 Å². The molecule has 0 saturated heterocycles. The maximum absolute atomic E-state index is 5.63. The highest BCUT2D eigenvalue weighted by Gasteiger charge is 2.15. The Kier molecular flexibility index (Phi) is 10.4. The van der Waals surface area contributed by atoms with Gasteiger partial charge < -0.3 is 4.74 Å². The third-order valence-electron chi connectivity index (χ3n) is 4.38. The summed E-state index contributed by atoms with van der Waals surface area (Å²) in [5.41, 5.74) is 4.78. The minimum atomic E-state index is 0.747. The van der Waals surface area contributed by atoms with Gasteiger partial charge in [0.15, 0.2) is 0 Å². The van der Waals surface area contributed by atoms with E-state index in [1.807, 2.05) is 0 Å². The number of hydrogen-bond donors (Lipinski definition) is 0. The molecule has 1 heterocycles. The van der Waals surface area contributed by atoms with Gasteiger partial charge in [-0.1, -0.05) is 50.7 Å². The van der Waals surface area contributed by atoms with E-state index in [0.29, 0.717) is 0 Å². The van der Waals surface area contributed by atoms with Gasteiger partial charge in [-0.05, 0) is 38.2 Å². The van der Waals surface area contributed by atoms with Crippen LogP contribution < -0.4 is 0 Å². The van der Waals surface area contributed by atoms with Crippen LogP contribution in [0.15, 0.2) is 28.3 Å². The van der Waals surface area contributed by atoms with Crippen molar-refractivity contribution in [2.45, 2.75) is 71.6 Å². The molecular formula is C21H33NO. The van der Waals surface area contributed by atoms with Crippen LogP contribution in [0.1, 0.15) is 71.6 Å². The van der Waals surface area contributed by atoms with E-state index in [-0.39, 0.29) is 0 Å². The first kappa shape index (κ1) is 19.7. The maximum atomic E-state index is 5.63. The fourth-order valence-corrected chi connectivity index (χ4v) is 3.07. The molecular weight excluding hydrogens is 282 g/mol. The van der Waals surface area contributed by atoms with E-state index >= 15 is 0 Å². The van der Waals surface area contributed by atoms with Crippen molar-refractivity contribution in [3.05, 3.63) is 23.3 Å². The SMILES string of the molecule is C#CC(=C)C1=C(CC(CCCCCCC)=NCC)CCOCC1. The van der Waals surface area contributed by atoms with Crippen molar-refractivity contribution < 1.29 is 4.74 Å². The Morgan fingerprint density at radius 3 is 2.61 bits per heavy atom. The summed E-state index contributed by atoms with van der Waals surface area (Å²) in [4.78, 5) is 4.75. The van der Waals surface area contributed by atoms with Crippen molar-refractivity contribution >= 4 is 5.71 Å². The number of nitrogens with zero attached hydrogens (tertiary/aromatic N) is 1. The first-order valence-corrected chi connectivity index (χ1v) is 9.19. The van der Waals surface area contributed by atoms with E-state index in [9.17, 15) is 0 Å². The predicted octanol–water partition coefficient (Wildman–Crippen LogP) is 5.49. The minimum Gasteiger partial charge on any atom is -0.381 e. The van der Waals surface area contributed by atoms with Gasteiger partial charge in [-0.3, -0.25) is 4.99 Å². The van der Waals surface area contributed by atoms with Gasteiger partial charge in [0.2, 0.25) is 0 Å². The first-order chi connectivity index (χ1) is 11.2. The molecule has 0 aromatic rings. The predicted molar refractivity (Wildman–Crippen MR) is 101 cm³/mol. The Hall–Kier alpha value is -1.33. The minimum absolute atomic E-state index is 0.747. The molecule has 0 atom stereocenters. The molecule has 1 aliphatic heterocycles. The van der Waals surface area contributed by atoms with Crippen molar-refractivity contribution in [2.24, 2.45) is 4.99 Å². The summed E-state index contributed by atoms with van der Waals surface area (Å²) < 4.78 is 5.63. The topological polar surface area (TPSA) is 21.6 Å². The summed E-state index contributed by atoms with van der Waals surface area (Å²) in [5.74, 6) is 2.72. The second-order valence-electron chi connectivity index (χ2n) is 6.20. The Morgan fingerprint density at radius 1 is 1.17 bits per heavy atom. The lowest BCUT2D eigenvalue weighted by atomic mass is 9.92. The average molecular weight is 316 g/mol. The van der Waals surface area contributed by atoms with E-state index in [2.05, 4.69) is 26.3 Å². The zero-order chi connectivity index (χ0) is 16.9. The lowest BCUT2D eigenvalue weighted by molar-refractivity contribution is 0.146. The smallest absolute Gasteiger partial charge is 0.0507 e. The second-order valence-corrected chi connectivity index (χ2v) is 6.20. The molecule has 2 nitrogen and oxygen atoms in total. The molecule has 0 aromatic heterocycles. The number of terminal acetylenes is 1. The molecule has 0 bridgehead atoms. The zero-order valence-corrected chi connectivity index (χ0v) is 15.1. The molecule has 0 aromatic carbocycles. The summed E-state index contributed by atoms with van der Waals surface area (Å²) in [6, 6.07) is 0. The molecule has 0 aliphatic carbocycles. The lowest BCUT2D eigenvalue weighted by Crippen LogP contribution is -2.05. The zero-order valence-electron chi connectivity index (χ0n) is 15.1. The van der Waals surface area contributed by atoms with E-state index < -0.39 is 0 Å². The average Bonchev–Trinajstić information content (AvgIpc) is 2.79. The van der Waals surface area contributed by atoms with Gasteiger partial charge in [0.05, 0.1) is 13.2 Å². The van der Waals surface area contributed by atoms with Crippen molar-refractivity contribution in [1.82, 2.24) is 0 Å². The van der Waals surface area contributed by atoms with Gasteiger partial charge in [0.1, 0.15) is 0 Å². The number of aliphatic imine (C=N–C) groups is 1. The monoisotopic (exact) mass is 315 g/mol. The van der Waals surface area contributed by atoms with E-state index in [1.165, 1.54) is 49.0 Å². The molecule has 1 aliphatic rings. The van der Waals surface area contributed by atoms with Gasteiger partial charge in [0, 0.05) is 24.3 Å². The largest absolute Gasteiger partial charge is 0.381 e. The van der Waals surface area contributed by atoms with Gasteiger partial charge in [-0.25, -0.2) is 0 Å². The third kappa shape index (κ3) is 7.66. The molecule has 0 radical (unpaired) electrons. The van der Waals surface area contributed by atoms with Gasteiger partial charge in [0.25, 0.3) is 0 Å². The second kappa shape index (κ2) is 12.1. The van der Waals surface area contributed by atoms with Crippen molar-refractivity contribution in [2.75, 3.05) is 19.8 Å². The Labute approximate surface area is 143 Å². The van der Waals surface area contributed by atoms with Crippen LogP contribution in [0.2, 0.25) is 0 Å². The van der Waals surface area contributed by atoms with Crippen LogP contribution in [0.5, 0.6) is 0 Å². The molecule has 0 saturated carbocycles. The summed E-state index contributed by atoms with van der Waals surface area (Å²) in [7, 11) is 0. The third-order valence-corrected chi connectivity index (χ3v) is 4.38. The highest BCUT2D eigenvalue weighted by molar-refractivity contribution is 5.87. The lowest BCUT2D eigenvalue weighted by Gasteiger charge is -2.14.